The normalized spacial score (nSPS) is 31.7. The molecule has 1 aliphatic heterocycles. The Kier molecular flexibility index (Phi) is 3.62. The minimum absolute atomic E-state index is 0.374. The second-order valence-corrected chi connectivity index (χ2v) is 4.10. The second kappa shape index (κ2) is 5.02. The number of aromatic nitrogens is 2. The molecule has 0 unspecified atom stereocenters. The molecule has 0 amide bonds. The van der Waals surface area contributed by atoms with Gasteiger partial charge in [-0.2, -0.15) is 0 Å². The maximum absolute atomic E-state index is 11.6. The van der Waals surface area contributed by atoms with Crippen molar-refractivity contribution in [2.45, 2.75) is 18.4 Å². The van der Waals surface area contributed by atoms with E-state index in [1.165, 1.54) is 6.20 Å². The number of aliphatic hydroxyl groups is 3. The van der Waals surface area contributed by atoms with Gasteiger partial charge < -0.3 is 20.1 Å². The minimum Gasteiger partial charge on any atom is -0.396 e. The van der Waals surface area contributed by atoms with E-state index in [1.54, 1.807) is 0 Å². The van der Waals surface area contributed by atoms with Crippen molar-refractivity contribution >= 4 is 0 Å². The number of ether oxygens (including phenoxy) is 1. The molecule has 18 heavy (non-hydrogen) atoms. The summed E-state index contributed by atoms with van der Waals surface area (Å²) in [6, 6.07) is 1.12. The Morgan fingerprint density at radius 2 is 2.06 bits per heavy atom. The average molecular weight is 258 g/mol. The summed E-state index contributed by atoms with van der Waals surface area (Å²) in [5.74, 6) is -0.682. The third kappa shape index (κ3) is 2.10. The predicted molar refractivity (Wildman–Crippen MR) is 58.9 cm³/mol. The molecule has 0 spiro atoms. The lowest BCUT2D eigenvalue weighted by Gasteiger charge is -2.17. The molecule has 0 saturated carbocycles. The van der Waals surface area contributed by atoms with E-state index in [2.05, 4.69) is 0 Å². The highest BCUT2D eigenvalue weighted by Crippen LogP contribution is 2.32. The van der Waals surface area contributed by atoms with Crippen molar-refractivity contribution in [1.82, 2.24) is 9.55 Å². The van der Waals surface area contributed by atoms with Crippen molar-refractivity contribution in [2.75, 3.05) is 13.2 Å². The Balaban J connectivity index is 2.34. The highest BCUT2D eigenvalue weighted by molar-refractivity contribution is 4.92. The van der Waals surface area contributed by atoms with Crippen LogP contribution in [0.15, 0.2) is 21.9 Å². The molecule has 1 fully saturated rings. The number of nitrogens with one attached hydrogen (secondary N) is 1. The van der Waals surface area contributed by atoms with Crippen molar-refractivity contribution in [2.24, 2.45) is 5.92 Å². The van der Waals surface area contributed by atoms with Crippen LogP contribution in [0.3, 0.4) is 0 Å². The van der Waals surface area contributed by atoms with E-state index in [0.29, 0.717) is 0 Å². The van der Waals surface area contributed by atoms with Gasteiger partial charge in [0.15, 0.2) is 6.23 Å². The van der Waals surface area contributed by atoms with Crippen LogP contribution >= 0.6 is 0 Å². The first-order valence-corrected chi connectivity index (χ1v) is 5.45. The van der Waals surface area contributed by atoms with Crippen LogP contribution in [0.25, 0.3) is 0 Å². The molecule has 1 aromatic heterocycles. The summed E-state index contributed by atoms with van der Waals surface area (Å²) in [6.45, 7) is -0.752. The van der Waals surface area contributed by atoms with Crippen LogP contribution in [0.4, 0.5) is 0 Å². The zero-order valence-corrected chi connectivity index (χ0v) is 9.39. The molecule has 1 aliphatic rings. The van der Waals surface area contributed by atoms with Crippen LogP contribution in [0.5, 0.6) is 0 Å². The molecule has 2 rings (SSSR count). The molecular formula is C10H14N2O6. The van der Waals surface area contributed by atoms with Gasteiger partial charge in [-0.05, 0) is 0 Å². The van der Waals surface area contributed by atoms with E-state index in [-0.39, 0.29) is 13.2 Å². The van der Waals surface area contributed by atoms with Crippen molar-refractivity contribution in [3.8, 4) is 0 Å². The third-order valence-corrected chi connectivity index (χ3v) is 3.04. The lowest BCUT2D eigenvalue weighted by Crippen LogP contribution is -2.36. The Morgan fingerprint density at radius 1 is 1.33 bits per heavy atom. The summed E-state index contributed by atoms with van der Waals surface area (Å²) in [5.41, 5.74) is -1.28. The maximum Gasteiger partial charge on any atom is 0.330 e. The summed E-state index contributed by atoms with van der Waals surface area (Å²) < 4.78 is 6.33. The van der Waals surface area contributed by atoms with Gasteiger partial charge in [-0.3, -0.25) is 14.3 Å². The SMILES string of the molecule is O=c1ccn([C@@H]2O[C@H](CO)[C@@H](CO)[C@H]2O)c(=O)[nH]1. The Labute approximate surface area is 101 Å². The number of aromatic amines is 1. The monoisotopic (exact) mass is 258 g/mol. The standard InChI is InChI=1S/C10H14N2O6/c13-3-5-6(4-14)18-9(8(5)16)12-2-1-7(15)11-10(12)17/h1-2,5-6,8-9,13-14,16H,3-4H2,(H,11,15,17)/t5-,6-,8-,9-/m1/s1. The molecule has 2 heterocycles. The van der Waals surface area contributed by atoms with Gasteiger partial charge in [0.2, 0.25) is 0 Å². The fourth-order valence-corrected chi connectivity index (χ4v) is 2.05. The fourth-order valence-electron chi connectivity index (χ4n) is 2.05. The number of nitrogens with zero attached hydrogens (tertiary/aromatic N) is 1. The van der Waals surface area contributed by atoms with Crippen LogP contribution < -0.4 is 11.2 Å². The Bertz CT molecular complexity index is 524. The van der Waals surface area contributed by atoms with E-state index in [4.69, 9.17) is 14.9 Å². The van der Waals surface area contributed by atoms with E-state index >= 15 is 0 Å². The number of hydrogen-bond acceptors (Lipinski definition) is 6. The molecular weight excluding hydrogens is 244 g/mol. The van der Waals surface area contributed by atoms with Crippen molar-refractivity contribution in [3.05, 3.63) is 33.1 Å². The molecule has 8 heteroatoms. The first kappa shape index (κ1) is 13.0. The number of H-pyrrole nitrogens is 1. The third-order valence-electron chi connectivity index (χ3n) is 3.04. The van der Waals surface area contributed by atoms with E-state index in [9.17, 15) is 14.7 Å². The molecule has 4 atom stereocenters. The van der Waals surface area contributed by atoms with Gasteiger partial charge in [-0.15, -0.1) is 0 Å². The number of aliphatic hydroxyl groups excluding tert-OH is 3. The highest BCUT2D eigenvalue weighted by atomic mass is 16.5. The minimum atomic E-state index is -1.14. The summed E-state index contributed by atoms with van der Waals surface area (Å²) in [6.07, 6.45) is -1.74. The van der Waals surface area contributed by atoms with Crippen LogP contribution in [0.2, 0.25) is 0 Å². The van der Waals surface area contributed by atoms with Crippen LogP contribution in [0, 0.1) is 5.92 Å². The van der Waals surface area contributed by atoms with Gasteiger partial charge in [0.05, 0.1) is 19.3 Å². The molecule has 100 valence electrons. The zero-order chi connectivity index (χ0) is 13.3. The highest BCUT2D eigenvalue weighted by Gasteiger charge is 2.44. The zero-order valence-electron chi connectivity index (χ0n) is 9.39. The molecule has 4 N–H and O–H groups in total. The molecule has 1 saturated heterocycles. The summed E-state index contributed by atoms with van der Waals surface area (Å²) in [4.78, 5) is 24.5. The molecule has 0 aromatic carbocycles. The van der Waals surface area contributed by atoms with E-state index in [1.807, 2.05) is 4.98 Å². The van der Waals surface area contributed by atoms with Crippen molar-refractivity contribution < 1.29 is 20.1 Å². The average Bonchev–Trinajstić information content (AvgIpc) is 2.66. The van der Waals surface area contributed by atoms with Crippen LogP contribution in [-0.4, -0.2) is 50.3 Å². The summed E-state index contributed by atoms with van der Waals surface area (Å²) >= 11 is 0. The van der Waals surface area contributed by atoms with Gasteiger partial charge in [0, 0.05) is 18.2 Å². The predicted octanol–water partition coefficient (Wildman–Crippen LogP) is -2.60. The number of hydrogen-bond donors (Lipinski definition) is 4. The Hall–Kier alpha value is -1.48. The molecule has 0 radical (unpaired) electrons. The lowest BCUT2D eigenvalue weighted by molar-refractivity contribution is -0.0538. The fraction of sp³-hybridized carbons (Fsp3) is 0.600. The molecule has 0 aliphatic carbocycles. The lowest BCUT2D eigenvalue weighted by atomic mass is 9.99. The van der Waals surface area contributed by atoms with Crippen LogP contribution in [0.1, 0.15) is 6.23 Å². The van der Waals surface area contributed by atoms with Gasteiger partial charge in [-0.25, -0.2) is 4.79 Å². The summed E-state index contributed by atoms with van der Waals surface area (Å²) in [7, 11) is 0. The van der Waals surface area contributed by atoms with Crippen molar-refractivity contribution in [1.29, 1.82) is 0 Å². The second-order valence-electron chi connectivity index (χ2n) is 4.10. The largest absolute Gasteiger partial charge is 0.396 e. The van der Waals surface area contributed by atoms with Gasteiger partial charge in [0.1, 0.15) is 6.10 Å². The van der Waals surface area contributed by atoms with Gasteiger partial charge >= 0.3 is 5.69 Å². The smallest absolute Gasteiger partial charge is 0.330 e. The van der Waals surface area contributed by atoms with Crippen LogP contribution in [-0.2, 0) is 4.74 Å². The molecule has 8 nitrogen and oxygen atoms in total. The quantitative estimate of drug-likeness (QED) is 0.471. The van der Waals surface area contributed by atoms with Gasteiger partial charge in [-0.1, -0.05) is 0 Å². The van der Waals surface area contributed by atoms with Gasteiger partial charge in [0.25, 0.3) is 5.56 Å². The first-order valence-electron chi connectivity index (χ1n) is 5.45. The van der Waals surface area contributed by atoms with Crippen molar-refractivity contribution in [3.63, 3.8) is 0 Å². The summed E-state index contributed by atoms with van der Waals surface area (Å²) in [5, 5.41) is 28.1. The first-order chi connectivity index (χ1) is 8.58. The van der Waals surface area contributed by atoms with E-state index < -0.39 is 35.6 Å². The Morgan fingerprint density at radius 3 is 2.56 bits per heavy atom. The molecule has 0 bridgehead atoms. The van der Waals surface area contributed by atoms with E-state index in [0.717, 1.165) is 10.6 Å². The maximum atomic E-state index is 11.6. The number of rotatable bonds is 3. The topological polar surface area (TPSA) is 125 Å². The molecule has 1 aromatic rings.